The molecule has 0 spiro atoms. The molecule has 0 aromatic rings. The summed E-state index contributed by atoms with van der Waals surface area (Å²) in [7, 11) is 0. The number of hydrogen-bond acceptors (Lipinski definition) is 5. The van der Waals surface area contributed by atoms with Crippen LogP contribution in [0.15, 0.2) is 0 Å². The molecule has 0 aromatic carbocycles. The fourth-order valence-corrected chi connectivity index (χ4v) is 2.99. The van der Waals surface area contributed by atoms with E-state index in [1.165, 1.54) is 0 Å². The average Bonchev–Trinajstić information content (AvgIpc) is 2.87. The van der Waals surface area contributed by atoms with E-state index in [0.717, 1.165) is 38.6 Å². The minimum Gasteiger partial charge on any atom is -0.466 e. The maximum atomic E-state index is 11.6. The monoisotopic (exact) mass is 307 g/mol. The van der Waals surface area contributed by atoms with Crippen LogP contribution in [0.3, 0.4) is 0 Å². The first kappa shape index (κ1) is 17.7. The number of nitrogens with one attached hydrogen (secondary N) is 1. The molecule has 0 radical (unpaired) electrons. The molecule has 1 saturated carbocycles. The third-order valence-electron chi connectivity index (χ3n) is 4.08. The second kappa shape index (κ2) is 8.82. The highest BCUT2D eigenvalue weighted by Crippen LogP contribution is 2.29. The molecule has 0 amide bonds. The minimum atomic E-state index is -0.0520. The van der Waals surface area contributed by atoms with Gasteiger partial charge in [0.1, 0.15) is 0 Å². The van der Waals surface area contributed by atoms with Crippen LogP contribution in [0.4, 0.5) is 0 Å². The van der Waals surface area contributed by atoms with Crippen molar-refractivity contribution >= 4 is 18.4 Å². The number of hydrogen-bond donors (Lipinski definition) is 2. The SMILES string of the molecule is CCOC(=O)C1CCC(O[C@H]2CN[C@H](CO)C2)CC1.Cl. The van der Waals surface area contributed by atoms with Gasteiger partial charge in [-0.3, -0.25) is 4.79 Å². The summed E-state index contributed by atoms with van der Waals surface area (Å²) in [6.07, 6.45) is 4.96. The Labute approximate surface area is 126 Å². The Morgan fingerprint density at radius 1 is 1.25 bits per heavy atom. The van der Waals surface area contributed by atoms with Crippen molar-refractivity contribution in [2.45, 2.75) is 57.3 Å². The van der Waals surface area contributed by atoms with Crippen molar-refractivity contribution in [1.29, 1.82) is 0 Å². The Morgan fingerprint density at radius 3 is 2.50 bits per heavy atom. The lowest BCUT2D eigenvalue weighted by molar-refractivity contribution is -0.150. The van der Waals surface area contributed by atoms with E-state index in [4.69, 9.17) is 14.6 Å². The molecule has 0 bridgehead atoms. The summed E-state index contributed by atoms with van der Waals surface area (Å²) in [5, 5.41) is 12.3. The lowest BCUT2D eigenvalue weighted by Crippen LogP contribution is -2.31. The Morgan fingerprint density at radius 2 is 1.95 bits per heavy atom. The van der Waals surface area contributed by atoms with E-state index in [9.17, 15) is 4.79 Å². The topological polar surface area (TPSA) is 67.8 Å². The molecule has 118 valence electrons. The Balaban J connectivity index is 0.00000200. The molecule has 0 aromatic heterocycles. The molecule has 5 nitrogen and oxygen atoms in total. The minimum absolute atomic E-state index is 0. The fraction of sp³-hybridized carbons (Fsp3) is 0.929. The van der Waals surface area contributed by atoms with Crippen LogP contribution in [0, 0.1) is 5.92 Å². The van der Waals surface area contributed by atoms with E-state index in [2.05, 4.69) is 5.32 Å². The largest absolute Gasteiger partial charge is 0.466 e. The van der Waals surface area contributed by atoms with Gasteiger partial charge in [0, 0.05) is 12.6 Å². The van der Waals surface area contributed by atoms with Gasteiger partial charge in [-0.25, -0.2) is 0 Å². The van der Waals surface area contributed by atoms with E-state index in [1.54, 1.807) is 0 Å². The number of carbonyl (C=O) groups is 1. The summed E-state index contributed by atoms with van der Waals surface area (Å²) in [5.74, 6) is 0.00974. The predicted octanol–water partition coefficient (Wildman–Crippen LogP) is 1.27. The molecule has 2 N–H and O–H groups in total. The summed E-state index contributed by atoms with van der Waals surface area (Å²) >= 11 is 0. The van der Waals surface area contributed by atoms with E-state index in [-0.39, 0.29) is 49.2 Å². The van der Waals surface area contributed by atoms with Crippen molar-refractivity contribution in [3.8, 4) is 0 Å². The maximum Gasteiger partial charge on any atom is 0.308 e. The molecular weight excluding hydrogens is 282 g/mol. The summed E-state index contributed by atoms with van der Waals surface area (Å²) < 4.78 is 11.1. The van der Waals surface area contributed by atoms with Gasteiger partial charge in [0.05, 0.1) is 31.3 Å². The lowest BCUT2D eigenvalue weighted by Gasteiger charge is -2.29. The van der Waals surface area contributed by atoms with Gasteiger partial charge >= 0.3 is 5.97 Å². The van der Waals surface area contributed by atoms with Gasteiger partial charge in [0.2, 0.25) is 0 Å². The number of carbonyl (C=O) groups excluding carboxylic acids is 1. The number of esters is 1. The Bertz CT molecular complexity index is 295. The maximum absolute atomic E-state index is 11.6. The van der Waals surface area contributed by atoms with Gasteiger partial charge in [-0.05, 0) is 39.0 Å². The quantitative estimate of drug-likeness (QED) is 0.749. The summed E-state index contributed by atoms with van der Waals surface area (Å²) in [5.41, 5.74) is 0. The summed E-state index contributed by atoms with van der Waals surface area (Å²) in [4.78, 5) is 11.6. The Kier molecular flexibility index (Phi) is 7.80. The van der Waals surface area contributed by atoms with Crippen molar-refractivity contribution in [1.82, 2.24) is 5.32 Å². The van der Waals surface area contributed by atoms with Crippen LogP contribution in [0.2, 0.25) is 0 Å². The van der Waals surface area contributed by atoms with E-state index in [0.29, 0.717) is 6.61 Å². The standard InChI is InChI=1S/C14H25NO4.ClH/c1-2-18-14(17)10-3-5-12(6-4-10)19-13-7-11(9-16)15-8-13;/h10-13,15-16H,2-9H2,1H3;1H/t10?,11-,12?,13+;/m0./s1. The van der Waals surface area contributed by atoms with Gasteiger partial charge in [-0.15, -0.1) is 12.4 Å². The van der Waals surface area contributed by atoms with Crippen LogP contribution in [0.25, 0.3) is 0 Å². The molecule has 2 fully saturated rings. The summed E-state index contributed by atoms with van der Waals surface area (Å²) in [6.45, 7) is 3.31. The third-order valence-corrected chi connectivity index (χ3v) is 4.08. The normalized spacial score (nSPS) is 33.5. The first-order chi connectivity index (χ1) is 9.22. The molecule has 2 atom stereocenters. The molecule has 1 saturated heterocycles. The highest BCUT2D eigenvalue weighted by atomic mass is 35.5. The van der Waals surface area contributed by atoms with Crippen molar-refractivity contribution in [3.63, 3.8) is 0 Å². The molecule has 2 rings (SSSR count). The van der Waals surface area contributed by atoms with Crippen molar-refractivity contribution in [3.05, 3.63) is 0 Å². The first-order valence-electron chi connectivity index (χ1n) is 7.39. The van der Waals surface area contributed by atoms with Gasteiger partial charge in [-0.2, -0.15) is 0 Å². The molecule has 1 heterocycles. The zero-order valence-electron chi connectivity index (χ0n) is 12.0. The number of rotatable bonds is 5. The number of halogens is 1. The van der Waals surface area contributed by atoms with Gasteiger partial charge < -0.3 is 19.9 Å². The fourth-order valence-electron chi connectivity index (χ4n) is 2.99. The number of aliphatic hydroxyl groups excluding tert-OH is 1. The van der Waals surface area contributed by atoms with E-state index >= 15 is 0 Å². The van der Waals surface area contributed by atoms with Crippen molar-refractivity contribution in [2.24, 2.45) is 5.92 Å². The van der Waals surface area contributed by atoms with Crippen molar-refractivity contribution < 1.29 is 19.4 Å². The molecule has 0 unspecified atom stereocenters. The Hall–Kier alpha value is -0.360. The summed E-state index contributed by atoms with van der Waals surface area (Å²) in [6, 6.07) is 0.181. The van der Waals surface area contributed by atoms with Crippen LogP contribution in [0.5, 0.6) is 0 Å². The van der Waals surface area contributed by atoms with Crippen LogP contribution in [-0.4, -0.2) is 49.1 Å². The first-order valence-corrected chi connectivity index (χ1v) is 7.39. The predicted molar refractivity (Wildman–Crippen MR) is 78.0 cm³/mol. The molecule has 6 heteroatoms. The van der Waals surface area contributed by atoms with Crippen molar-refractivity contribution in [2.75, 3.05) is 19.8 Å². The second-order valence-corrected chi connectivity index (χ2v) is 5.51. The van der Waals surface area contributed by atoms with Crippen LogP contribution in [-0.2, 0) is 14.3 Å². The molecule has 1 aliphatic carbocycles. The molecular formula is C14H26ClNO4. The van der Waals surface area contributed by atoms with E-state index in [1.807, 2.05) is 6.92 Å². The smallest absolute Gasteiger partial charge is 0.308 e. The average molecular weight is 308 g/mol. The van der Waals surface area contributed by atoms with Gasteiger partial charge in [0.25, 0.3) is 0 Å². The van der Waals surface area contributed by atoms with Gasteiger partial charge in [0.15, 0.2) is 0 Å². The number of aliphatic hydroxyl groups is 1. The highest BCUT2D eigenvalue weighted by molar-refractivity contribution is 5.85. The molecule has 1 aliphatic heterocycles. The molecule has 20 heavy (non-hydrogen) atoms. The van der Waals surface area contributed by atoms with Gasteiger partial charge in [-0.1, -0.05) is 0 Å². The van der Waals surface area contributed by atoms with Crippen LogP contribution in [0.1, 0.15) is 39.0 Å². The third kappa shape index (κ3) is 4.88. The second-order valence-electron chi connectivity index (χ2n) is 5.51. The number of ether oxygens (including phenoxy) is 2. The molecule has 2 aliphatic rings. The van der Waals surface area contributed by atoms with E-state index < -0.39 is 0 Å². The zero-order valence-corrected chi connectivity index (χ0v) is 12.9. The highest BCUT2D eigenvalue weighted by Gasteiger charge is 2.31. The lowest BCUT2D eigenvalue weighted by atomic mass is 9.87. The zero-order chi connectivity index (χ0) is 13.7. The van der Waals surface area contributed by atoms with Crippen LogP contribution >= 0.6 is 12.4 Å². The van der Waals surface area contributed by atoms with Crippen LogP contribution < -0.4 is 5.32 Å².